The van der Waals surface area contributed by atoms with Gasteiger partial charge < -0.3 is 4.90 Å². The minimum absolute atomic E-state index is 0.134. The van der Waals surface area contributed by atoms with E-state index in [1.165, 1.54) is 18.4 Å². The monoisotopic (exact) mass is 369 g/mol. The number of carbonyl (C=O) groups is 1. The summed E-state index contributed by atoms with van der Waals surface area (Å²) in [6, 6.07) is 10.1. The van der Waals surface area contributed by atoms with E-state index in [-0.39, 0.29) is 17.6 Å². The van der Waals surface area contributed by atoms with Crippen molar-refractivity contribution in [2.45, 2.75) is 71.2 Å². The third-order valence-electron chi connectivity index (χ3n) is 5.36. The van der Waals surface area contributed by atoms with E-state index in [0.717, 1.165) is 32.5 Å². The zero-order chi connectivity index (χ0) is 19.3. The molecule has 0 spiro atoms. The molecule has 5 nitrogen and oxygen atoms in total. The molecule has 2 aromatic rings. The Balaban J connectivity index is 1.53. The summed E-state index contributed by atoms with van der Waals surface area (Å²) in [6.45, 7) is 9.20. The summed E-state index contributed by atoms with van der Waals surface area (Å²) in [6.07, 6.45) is 10.6. The number of unbranched alkanes of at least 4 members (excludes halogenated alkanes) is 1. The van der Waals surface area contributed by atoms with Gasteiger partial charge in [-0.1, -0.05) is 43.7 Å². The molecule has 0 bridgehead atoms. The van der Waals surface area contributed by atoms with Gasteiger partial charge in [-0.2, -0.15) is 0 Å². The van der Waals surface area contributed by atoms with Crippen molar-refractivity contribution in [2.24, 2.45) is 0 Å². The minimum atomic E-state index is -0.297. The maximum atomic E-state index is 12.9. The first-order valence-electron chi connectivity index (χ1n) is 10.2. The van der Waals surface area contributed by atoms with E-state index in [9.17, 15) is 4.79 Å². The van der Waals surface area contributed by atoms with Crippen LogP contribution < -0.4 is 9.88 Å². The number of nitrogens with one attached hydrogen (secondary N) is 1. The highest BCUT2D eigenvalue weighted by atomic mass is 16.2. The van der Waals surface area contributed by atoms with Crippen LogP contribution in [0.4, 0.5) is 0 Å². The molecular formula is C22H33N4O+. The molecule has 3 rings (SSSR count). The number of benzene rings is 1. The molecule has 0 saturated carbocycles. The van der Waals surface area contributed by atoms with Crippen LogP contribution in [-0.2, 0) is 24.3 Å². The van der Waals surface area contributed by atoms with Gasteiger partial charge in [-0.05, 0) is 32.3 Å². The smallest absolute Gasteiger partial charge is 0.243 e. The normalized spacial score (nSPS) is 19.0. The fourth-order valence-corrected chi connectivity index (χ4v) is 3.86. The summed E-state index contributed by atoms with van der Waals surface area (Å²) in [5.41, 5.74) is 0.902. The maximum Gasteiger partial charge on any atom is 0.243 e. The molecule has 0 unspecified atom stereocenters. The zero-order valence-electron chi connectivity index (χ0n) is 16.9. The number of nitrogens with zero attached hydrogens (tertiary/aromatic N) is 3. The van der Waals surface area contributed by atoms with Gasteiger partial charge in [0.1, 0.15) is 12.4 Å². The number of imidazole rings is 1. The summed E-state index contributed by atoms with van der Waals surface area (Å²) in [7, 11) is 0. The van der Waals surface area contributed by atoms with Crippen molar-refractivity contribution >= 4 is 5.91 Å². The largest absolute Gasteiger partial charge is 0.323 e. The van der Waals surface area contributed by atoms with Crippen molar-refractivity contribution in [1.29, 1.82) is 0 Å². The fourth-order valence-electron chi connectivity index (χ4n) is 3.86. The van der Waals surface area contributed by atoms with Crippen molar-refractivity contribution in [3.8, 4) is 0 Å². The van der Waals surface area contributed by atoms with E-state index in [1.807, 2.05) is 23.1 Å². The summed E-state index contributed by atoms with van der Waals surface area (Å²) < 4.78 is 4.46. The number of aromatic nitrogens is 2. The Kier molecular flexibility index (Phi) is 6.32. The molecular weight excluding hydrogens is 336 g/mol. The Labute approximate surface area is 163 Å². The molecule has 27 heavy (non-hydrogen) atoms. The Bertz CT molecular complexity index is 738. The predicted molar refractivity (Wildman–Crippen MR) is 107 cm³/mol. The van der Waals surface area contributed by atoms with Gasteiger partial charge in [-0.3, -0.25) is 10.1 Å². The lowest BCUT2D eigenvalue weighted by Crippen LogP contribution is -2.48. The molecule has 1 aromatic heterocycles. The summed E-state index contributed by atoms with van der Waals surface area (Å²) in [5.74, 6) is 0.217. The quantitative estimate of drug-likeness (QED) is 0.691. The SMILES string of the molecule is CCCCn1cc[n+](CCCN2C(=O)[C@H](Cc3ccccc3)NC2(C)C)c1. The second-order valence-corrected chi connectivity index (χ2v) is 8.03. The molecule has 1 fully saturated rings. The maximum absolute atomic E-state index is 12.9. The summed E-state index contributed by atoms with van der Waals surface area (Å²) >= 11 is 0. The second-order valence-electron chi connectivity index (χ2n) is 8.03. The number of rotatable bonds is 9. The van der Waals surface area contributed by atoms with E-state index < -0.39 is 0 Å². The van der Waals surface area contributed by atoms with Crippen LogP contribution in [0.3, 0.4) is 0 Å². The number of aryl methyl sites for hydroxylation is 2. The van der Waals surface area contributed by atoms with Gasteiger partial charge in [0.25, 0.3) is 0 Å². The highest BCUT2D eigenvalue weighted by molar-refractivity contribution is 5.85. The molecule has 1 saturated heterocycles. The van der Waals surface area contributed by atoms with E-state index in [4.69, 9.17) is 0 Å². The zero-order valence-corrected chi connectivity index (χ0v) is 16.9. The van der Waals surface area contributed by atoms with Crippen LogP contribution in [0.1, 0.15) is 45.6 Å². The molecule has 1 aliphatic rings. The Morgan fingerprint density at radius 2 is 1.93 bits per heavy atom. The van der Waals surface area contributed by atoms with Crippen LogP contribution in [0.2, 0.25) is 0 Å². The van der Waals surface area contributed by atoms with Crippen LogP contribution in [0.15, 0.2) is 49.1 Å². The van der Waals surface area contributed by atoms with Gasteiger partial charge in [0, 0.05) is 13.0 Å². The molecule has 1 amide bonds. The Morgan fingerprint density at radius 3 is 2.67 bits per heavy atom. The molecule has 1 N–H and O–H groups in total. The first kappa shape index (κ1) is 19.6. The first-order chi connectivity index (χ1) is 13.0. The van der Waals surface area contributed by atoms with Gasteiger partial charge in [-0.15, -0.1) is 0 Å². The number of amides is 1. The van der Waals surface area contributed by atoms with Crippen molar-refractivity contribution < 1.29 is 9.36 Å². The standard InChI is InChI=1S/C22H33N4O/c1-4-5-12-24-15-16-25(18-24)13-9-14-26-21(27)20(23-22(26,2)3)17-19-10-7-6-8-11-19/h6-8,10-11,15-16,18,20,23H,4-5,9,12-14,17H2,1-3H3/q+1/t20-/m0/s1. The minimum Gasteiger partial charge on any atom is -0.323 e. The van der Waals surface area contributed by atoms with Crippen LogP contribution in [-0.4, -0.2) is 33.6 Å². The molecule has 1 aromatic carbocycles. The van der Waals surface area contributed by atoms with Crippen molar-refractivity contribution in [2.75, 3.05) is 6.54 Å². The predicted octanol–water partition coefficient (Wildman–Crippen LogP) is 2.75. The molecule has 0 radical (unpaired) electrons. The number of hydrogen-bond acceptors (Lipinski definition) is 2. The Hall–Kier alpha value is -2.14. The first-order valence-corrected chi connectivity index (χ1v) is 10.2. The molecule has 146 valence electrons. The van der Waals surface area contributed by atoms with Gasteiger partial charge in [0.05, 0.1) is 24.8 Å². The van der Waals surface area contributed by atoms with Gasteiger partial charge >= 0.3 is 0 Å². The lowest BCUT2D eigenvalue weighted by atomic mass is 10.1. The van der Waals surface area contributed by atoms with Gasteiger partial charge in [-0.25, -0.2) is 9.13 Å². The van der Waals surface area contributed by atoms with E-state index in [0.29, 0.717) is 0 Å². The average molecular weight is 370 g/mol. The summed E-state index contributed by atoms with van der Waals surface area (Å²) in [5, 5.41) is 3.52. The van der Waals surface area contributed by atoms with E-state index in [2.05, 4.69) is 66.1 Å². The lowest BCUT2D eigenvalue weighted by Gasteiger charge is -2.31. The number of hydrogen-bond donors (Lipinski definition) is 1. The number of carbonyl (C=O) groups excluding carboxylic acids is 1. The van der Waals surface area contributed by atoms with E-state index in [1.54, 1.807) is 0 Å². The second kappa shape index (κ2) is 8.70. The third-order valence-corrected chi connectivity index (χ3v) is 5.36. The van der Waals surface area contributed by atoms with Crippen molar-refractivity contribution in [3.63, 3.8) is 0 Å². The van der Waals surface area contributed by atoms with E-state index >= 15 is 0 Å². The lowest BCUT2D eigenvalue weighted by molar-refractivity contribution is -0.696. The third kappa shape index (κ3) is 4.98. The summed E-state index contributed by atoms with van der Waals surface area (Å²) in [4.78, 5) is 15.0. The average Bonchev–Trinajstić information content (AvgIpc) is 3.18. The van der Waals surface area contributed by atoms with Crippen molar-refractivity contribution in [3.05, 3.63) is 54.6 Å². The Morgan fingerprint density at radius 1 is 1.15 bits per heavy atom. The molecule has 5 heteroatoms. The van der Waals surface area contributed by atoms with Gasteiger partial charge in [0.2, 0.25) is 12.2 Å². The van der Waals surface area contributed by atoms with Crippen molar-refractivity contribution in [1.82, 2.24) is 14.8 Å². The van der Waals surface area contributed by atoms with Crippen LogP contribution in [0.25, 0.3) is 0 Å². The molecule has 0 aliphatic carbocycles. The fraction of sp³-hybridized carbons (Fsp3) is 0.545. The highest BCUT2D eigenvalue weighted by Crippen LogP contribution is 2.23. The van der Waals surface area contributed by atoms with Crippen LogP contribution in [0, 0.1) is 0 Å². The van der Waals surface area contributed by atoms with Crippen LogP contribution >= 0.6 is 0 Å². The van der Waals surface area contributed by atoms with Gasteiger partial charge in [0.15, 0.2) is 0 Å². The van der Waals surface area contributed by atoms with Crippen LogP contribution in [0.5, 0.6) is 0 Å². The highest BCUT2D eigenvalue weighted by Gasteiger charge is 2.43. The molecule has 2 heterocycles. The topological polar surface area (TPSA) is 41.1 Å². The molecule has 1 aliphatic heterocycles. The molecule has 1 atom stereocenters.